The van der Waals surface area contributed by atoms with Gasteiger partial charge in [0.15, 0.2) is 0 Å². The van der Waals surface area contributed by atoms with Crippen LogP contribution in [0.15, 0.2) is 24.3 Å². The molecule has 22 heavy (non-hydrogen) atoms. The van der Waals surface area contributed by atoms with Crippen molar-refractivity contribution in [3.63, 3.8) is 0 Å². The summed E-state index contributed by atoms with van der Waals surface area (Å²) >= 11 is 5.97. The lowest BCUT2D eigenvalue weighted by Crippen LogP contribution is -2.50. The fraction of sp³-hybridized carbons (Fsp3) is 0.529. The second-order valence-corrected chi connectivity index (χ2v) is 6.53. The number of likely N-dealkylation sites (tertiary alicyclic amines) is 1. The molecule has 3 atom stereocenters. The molecule has 1 saturated heterocycles. The number of carboxylic acid groups (broad SMARTS) is 1. The summed E-state index contributed by atoms with van der Waals surface area (Å²) in [6.45, 7) is 4.37. The SMILES string of the molecule is CC(Cc1cccc(Cl)c1)C(=O)N1CCC[C@H](C(=O)O)[C@@H]1C. The van der Waals surface area contributed by atoms with E-state index in [1.54, 1.807) is 4.90 Å². The predicted octanol–water partition coefficient (Wildman–Crippen LogP) is 3.23. The number of benzene rings is 1. The number of rotatable bonds is 4. The van der Waals surface area contributed by atoms with Gasteiger partial charge in [0.1, 0.15) is 0 Å². The third-order valence-corrected chi connectivity index (χ3v) is 4.68. The van der Waals surface area contributed by atoms with E-state index in [0.29, 0.717) is 24.4 Å². The predicted molar refractivity (Wildman–Crippen MR) is 85.9 cm³/mol. The highest BCUT2D eigenvalue weighted by Gasteiger charge is 2.36. The van der Waals surface area contributed by atoms with E-state index in [-0.39, 0.29) is 17.9 Å². The van der Waals surface area contributed by atoms with Gasteiger partial charge in [0.25, 0.3) is 0 Å². The number of amides is 1. The summed E-state index contributed by atoms with van der Waals surface area (Å²) in [4.78, 5) is 25.7. The van der Waals surface area contributed by atoms with E-state index in [1.165, 1.54) is 0 Å². The summed E-state index contributed by atoms with van der Waals surface area (Å²) in [5.74, 6) is -1.43. The van der Waals surface area contributed by atoms with Crippen molar-refractivity contribution in [2.24, 2.45) is 11.8 Å². The molecule has 1 aliphatic rings. The number of nitrogens with zero attached hydrogens (tertiary/aromatic N) is 1. The second-order valence-electron chi connectivity index (χ2n) is 6.09. The van der Waals surface area contributed by atoms with Gasteiger partial charge in [-0.05, 0) is 43.9 Å². The van der Waals surface area contributed by atoms with Gasteiger partial charge in [0, 0.05) is 23.5 Å². The third kappa shape index (κ3) is 3.80. The van der Waals surface area contributed by atoms with Crippen LogP contribution in [0, 0.1) is 11.8 Å². The largest absolute Gasteiger partial charge is 0.481 e. The van der Waals surface area contributed by atoms with Crippen LogP contribution in [0.1, 0.15) is 32.3 Å². The number of piperidine rings is 1. The van der Waals surface area contributed by atoms with Crippen LogP contribution in [0.25, 0.3) is 0 Å². The molecule has 1 aromatic carbocycles. The maximum atomic E-state index is 12.7. The van der Waals surface area contributed by atoms with E-state index in [0.717, 1.165) is 12.0 Å². The molecule has 1 aliphatic heterocycles. The van der Waals surface area contributed by atoms with Crippen molar-refractivity contribution < 1.29 is 14.7 Å². The molecule has 1 fully saturated rings. The highest BCUT2D eigenvalue weighted by atomic mass is 35.5. The van der Waals surface area contributed by atoms with Crippen molar-refractivity contribution in [1.82, 2.24) is 4.90 Å². The first-order valence-corrected chi connectivity index (χ1v) is 8.05. The number of aliphatic carboxylic acids is 1. The molecule has 1 amide bonds. The minimum atomic E-state index is -0.813. The molecule has 0 bridgehead atoms. The molecule has 4 nitrogen and oxygen atoms in total. The molecular formula is C17H22ClNO3. The van der Waals surface area contributed by atoms with E-state index in [1.807, 2.05) is 38.1 Å². The Hall–Kier alpha value is -1.55. The monoisotopic (exact) mass is 323 g/mol. The van der Waals surface area contributed by atoms with Gasteiger partial charge in [0.05, 0.1) is 5.92 Å². The molecular weight excluding hydrogens is 302 g/mol. The number of halogens is 1. The zero-order valence-electron chi connectivity index (χ0n) is 13.0. The summed E-state index contributed by atoms with van der Waals surface area (Å²) < 4.78 is 0. The lowest BCUT2D eigenvalue weighted by atomic mass is 9.88. The van der Waals surface area contributed by atoms with Crippen molar-refractivity contribution >= 4 is 23.5 Å². The Balaban J connectivity index is 2.05. The van der Waals surface area contributed by atoms with E-state index in [9.17, 15) is 14.7 Å². The van der Waals surface area contributed by atoms with Crippen molar-refractivity contribution in [3.8, 4) is 0 Å². The van der Waals surface area contributed by atoms with Gasteiger partial charge < -0.3 is 10.0 Å². The van der Waals surface area contributed by atoms with Crippen LogP contribution in [-0.4, -0.2) is 34.5 Å². The van der Waals surface area contributed by atoms with Crippen LogP contribution in [0.2, 0.25) is 5.02 Å². The molecule has 0 spiro atoms. The number of hydrogen-bond donors (Lipinski definition) is 1. The first-order chi connectivity index (χ1) is 10.4. The van der Waals surface area contributed by atoms with Gasteiger partial charge in [-0.25, -0.2) is 0 Å². The van der Waals surface area contributed by atoms with Crippen molar-refractivity contribution in [3.05, 3.63) is 34.9 Å². The van der Waals surface area contributed by atoms with Crippen LogP contribution in [-0.2, 0) is 16.0 Å². The van der Waals surface area contributed by atoms with Gasteiger partial charge >= 0.3 is 5.97 Å². The van der Waals surface area contributed by atoms with Crippen LogP contribution in [0.3, 0.4) is 0 Å². The van der Waals surface area contributed by atoms with Crippen molar-refractivity contribution in [2.75, 3.05) is 6.54 Å². The van der Waals surface area contributed by atoms with Crippen LogP contribution in [0.4, 0.5) is 0 Å². The lowest BCUT2D eigenvalue weighted by molar-refractivity contribution is -0.150. The molecule has 1 heterocycles. The Labute approximate surface area is 136 Å². The quantitative estimate of drug-likeness (QED) is 0.925. The minimum absolute atomic E-state index is 0.0263. The number of carbonyl (C=O) groups excluding carboxylic acids is 1. The highest BCUT2D eigenvalue weighted by Crippen LogP contribution is 2.26. The molecule has 1 N–H and O–H groups in total. The Morgan fingerprint density at radius 3 is 2.82 bits per heavy atom. The topological polar surface area (TPSA) is 57.6 Å². The second kappa shape index (κ2) is 7.14. The molecule has 0 aromatic heterocycles. The molecule has 1 unspecified atom stereocenters. The van der Waals surface area contributed by atoms with Gasteiger partial charge in [-0.15, -0.1) is 0 Å². The number of carboxylic acids is 1. The van der Waals surface area contributed by atoms with Gasteiger partial charge in [-0.3, -0.25) is 9.59 Å². The number of carbonyl (C=O) groups is 2. The fourth-order valence-corrected chi connectivity index (χ4v) is 3.39. The van der Waals surface area contributed by atoms with Crippen LogP contribution in [0.5, 0.6) is 0 Å². The van der Waals surface area contributed by atoms with Crippen LogP contribution < -0.4 is 0 Å². The maximum absolute atomic E-state index is 12.7. The smallest absolute Gasteiger partial charge is 0.308 e. The Morgan fingerprint density at radius 2 is 2.18 bits per heavy atom. The Bertz CT molecular complexity index is 561. The van der Waals surface area contributed by atoms with Crippen molar-refractivity contribution in [1.29, 1.82) is 0 Å². The number of hydrogen-bond acceptors (Lipinski definition) is 2. The summed E-state index contributed by atoms with van der Waals surface area (Å²) in [7, 11) is 0. The van der Waals surface area contributed by atoms with E-state index in [2.05, 4.69) is 0 Å². The summed E-state index contributed by atoms with van der Waals surface area (Å²) in [5.41, 5.74) is 1.02. The lowest BCUT2D eigenvalue weighted by Gasteiger charge is -2.39. The van der Waals surface area contributed by atoms with Crippen molar-refractivity contribution in [2.45, 2.75) is 39.2 Å². The molecule has 0 aliphatic carbocycles. The molecule has 5 heteroatoms. The van der Waals surface area contributed by atoms with Gasteiger partial charge in [-0.2, -0.15) is 0 Å². The van der Waals surface area contributed by atoms with E-state index < -0.39 is 11.9 Å². The zero-order valence-corrected chi connectivity index (χ0v) is 13.7. The minimum Gasteiger partial charge on any atom is -0.481 e. The summed E-state index contributed by atoms with van der Waals surface area (Å²) in [6.07, 6.45) is 2.00. The van der Waals surface area contributed by atoms with Crippen LogP contribution >= 0.6 is 11.6 Å². The third-order valence-electron chi connectivity index (χ3n) is 4.44. The summed E-state index contributed by atoms with van der Waals surface area (Å²) in [5, 5.41) is 9.92. The van der Waals surface area contributed by atoms with Gasteiger partial charge in [0.2, 0.25) is 5.91 Å². The van der Waals surface area contributed by atoms with E-state index >= 15 is 0 Å². The summed E-state index contributed by atoms with van der Waals surface area (Å²) in [6, 6.07) is 7.25. The first kappa shape index (κ1) is 16.8. The molecule has 1 aromatic rings. The zero-order chi connectivity index (χ0) is 16.3. The van der Waals surface area contributed by atoms with Gasteiger partial charge in [-0.1, -0.05) is 30.7 Å². The Kier molecular flexibility index (Phi) is 5.46. The molecule has 0 radical (unpaired) electrons. The maximum Gasteiger partial charge on any atom is 0.308 e. The normalized spacial score (nSPS) is 23.1. The highest BCUT2D eigenvalue weighted by molar-refractivity contribution is 6.30. The fourth-order valence-electron chi connectivity index (χ4n) is 3.17. The molecule has 0 saturated carbocycles. The standard InChI is InChI=1S/C17H22ClNO3/c1-11(9-13-5-3-6-14(18)10-13)16(20)19-8-4-7-15(12(19)2)17(21)22/h3,5-6,10-12,15H,4,7-9H2,1-2H3,(H,21,22)/t11?,12-,15-/m0/s1. The molecule has 2 rings (SSSR count). The average molecular weight is 324 g/mol. The van der Waals surface area contributed by atoms with E-state index in [4.69, 9.17) is 11.6 Å². The Morgan fingerprint density at radius 1 is 1.45 bits per heavy atom. The molecule has 120 valence electrons. The average Bonchev–Trinajstić information content (AvgIpc) is 2.46. The first-order valence-electron chi connectivity index (χ1n) is 7.68.